The van der Waals surface area contributed by atoms with Crippen molar-refractivity contribution in [2.24, 2.45) is 5.84 Å². The van der Waals surface area contributed by atoms with E-state index in [0.717, 1.165) is 12.1 Å². The maximum atomic E-state index is 11.1. The Kier molecular flexibility index (Phi) is 10.7. The highest BCUT2D eigenvalue weighted by Crippen LogP contribution is 2.41. The molecule has 0 saturated heterocycles. The van der Waals surface area contributed by atoms with Crippen LogP contribution < -0.4 is 15.8 Å². The first-order valence-corrected chi connectivity index (χ1v) is 6.88. The largest absolute Gasteiger partial charge is 0.524 e. The van der Waals surface area contributed by atoms with Gasteiger partial charge in [0.25, 0.3) is 0 Å². The topological polar surface area (TPSA) is 257 Å². The lowest BCUT2D eigenvalue weighted by atomic mass is 9.93. The lowest BCUT2D eigenvalue weighted by molar-refractivity contribution is -0.144. The van der Waals surface area contributed by atoms with Crippen LogP contribution in [-0.4, -0.2) is 47.9 Å². The van der Waals surface area contributed by atoms with Crippen LogP contribution in [0.2, 0.25) is 0 Å². The molecule has 1 aromatic rings. The Morgan fingerprint density at radius 1 is 1.35 bits per heavy atom. The van der Waals surface area contributed by atoms with Crippen LogP contribution in [0.1, 0.15) is 12.5 Å². The van der Waals surface area contributed by atoms with E-state index in [4.69, 9.17) is 20.7 Å². The Labute approximate surface area is 130 Å². The van der Waals surface area contributed by atoms with E-state index in [9.17, 15) is 14.5 Å². The second kappa shape index (κ2) is 9.39. The molecule has 0 aliphatic rings. The van der Waals surface area contributed by atoms with Crippen LogP contribution in [0.3, 0.4) is 0 Å². The van der Waals surface area contributed by atoms with Crippen molar-refractivity contribution < 1.29 is 50.3 Å². The molecule has 13 N–H and O–H groups in total. The van der Waals surface area contributed by atoms with Gasteiger partial charge in [0.05, 0.1) is 0 Å². The zero-order chi connectivity index (χ0) is 15.6. The molecule has 13 heteroatoms. The van der Waals surface area contributed by atoms with E-state index in [-0.39, 0.29) is 22.8 Å². The molecule has 0 aliphatic carbocycles. The second-order valence-corrected chi connectivity index (χ2v) is 5.51. The Hall–Kier alpha value is -1.76. The fourth-order valence-electron chi connectivity index (χ4n) is 1.47. The Bertz CT molecular complexity index is 563. The van der Waals surface area contributed by atoms with Crippen molar-refractivity contribution in [2.45, 2.75) is 18.9 Å². The molecule has 0 amide bonds. The summed E-state index contributed by atoms with van der Waals surface area (Å²) < 4.78 is 14.9. The van der Waals surface area contributed by atoms with Crippen LogP contribution in [0, 0.1) is 0 Å². The first-order valence-electron chi connectivity index (χ1n) is 5.35. The standard InChI is InChI=1S/C10H15N2O7P.3H2O/c1-10(12-11,9(14)15)5-6-2-3-8(7(13)4-6)19-20(16,17)18;;;/h2-4,12-13H,5,11H2,1H3,(H,14,15)(H2,16,17,18);3*1H2/t10-;;;/m0.../s1. The lowest BCUT2D eigenvalue weighted by Crippen LogP contribution is -2.54. The molecule has 0 saturated carbocycles. The third kappa shape index (κ3) is 7.36. The van der Waals surface area contributed by atoms with E-state index in [1.54, 1.807) is 0 Å². The minimum Gasteiger partial charge on any atom is -0.504 e. The highest BCUT2D eigenvalue weighted by molar-refractivity contribution is 7.46. The van der Waals surface area contributed by atoms with Gasteiger partial charge in [-0.15, -0.1) is 0 Å². The number of carboxylic acid groups (broad SMARTS) is 1. The highest BCUT2D eigenvalue weighted by Gasteiger charge is 2.32. The minimum absolute atomic E-state index is 0. The number of phosphoric ester groups is 1. The van der Waals surface area contributed by atoms with Crippen molar-refractivity contribution >= 4 is 13.8 Å². The van der Waals surface area contributed by atoms with Crippen molar-refractivity contribution in [3.63, 3.8) is 0 Å². The number of nitrogens with two attached hydrogens (primary N) is 1. The Balaban J connectivity index is -0.00000133. The van der Waals surface area contributed by atoms with Gasteiger partial charge in [-0.25, -0.2) is 9.99 Å². The molecule has 12 nitrogen and oxygen atoms in total. The van der Waals surface area contributed by atoms with E-state index >= 15 is 0 Å². The molecule has 1 rings (SSSR count). The van der Waals surface area contributed by atoms with Gasteiger partial charge in [-0.3, -0.25) is 20.4 Å². The lowest BCUT2D eigenvalue weighted by Gasteiger charge is -2.23. The fourth-order valence-corrected chi connectivity index (χ4v) is 1.89. The minimum atomic E-state index is -4.78. The van der Waals surface area contributed by atoms with Gasteiger partial charge in [-0.2, -0.15) is 0 Å². The molecule has 0 fully saturated rings. The Morgan fingerprint density at radius 2 is 1.87 bits per heavy atom. The summed E-state index contributed by atoms with van der Waals surface area (Å²) in [5, 5.41) is 18.6. The third-order valence-electron chi connectivity index (χ3n) is 2.59. The predicted octanol–water partition coefficient (Wildman–Crippen LogP) is -2.76. The fraction of sp³-hybridized carbons (Fsp3) is 0.300. The molecule has 0 radical (unpaired) electrons. The molecular weight excluding hydrogens is 339 g/mol. The van der Waals surface area contributed by atoms with Gasteiger partial charge >= 0.3 is 13.8 Å². The van der Waals surface area contributed by atoms with Gasteiger partial charge in [0.1, 0.15) is 5.54 Å². The zero-order valence-corrected chi connectivity index (χ0v) is 12.9. The number of hydrazine groups is 1. The van der Waals surface area contributed by atoms with Crippen LogP contribution in [-0.2, 0) is 15.8 Å². The molecule has 0 aromatic heterocycles. The smallest absolute Gasteiger partial charge is 0.504 e. The number of phosphoric acid groups is 1. The average molecular weight is 360 g/mol. The van der Waals surface area contributed by atoms with Crippen LogP contribution in [0.25, 0.3) is 0 Å². The molecule has 136 valence electrons. The quantitative estimate of drug-likeness (QED) is 0.174. The van der Waals surface area contributed by atoms with Crippen LogP contribution in [0.15, 0.2) is 18.2 Å². The molecule has 1 aromatic carbocycles. The molecule has 0 spiro atoms. The summed E-state index contributed by atoms with van der Waals surface area (Å²) in [6.45, 7) is 1.35. The SMILES string of the molecule is C[C@@](Cc1ccc(OP(=O)(O)O)c(O)c1)(NN)C(=O)O.O.O.O. The van der Waals surface area contributed by atoms with E-state index < -0.39 is 30.8 Å². The van der Waals surface area contributed by atoms with Crippen molar-refractivity contribution in [1.29, 1.82) is 0 Å². The summed E-state index contributed by atoms with van der Waals surface area (Å²) in [5.41, 5.74) is 1.11. The van der Waals surface area contributed by atoms with E-state index in [2.05, 4.69) is 9.95 Å². The van der Waals surface area contributed by atoms with Gasteiger partial charge in [-0.05, 0) is 24.6 Å². The molecule has 1 atom stereocenters. The number of benzene rings is 1. The van der Waals surface area contributed by atoms with Gasteiger partial charge in [-0.1, -0.05) is 6.07 Å². The van der Waals surface area contributed by atoms with Crippen molar-refractivity contribution in [3.8, 4) is 11.5 Å². The molecule has 0 aliphatic heterocycles. The number of rotatable bonds is 6. The highest BCUT2D eigenvalue weighted by atomic mass is 31.2. The molecule has 0 unspecified atom stereocenters. The molecule has 0 heterocycles. The summed E-state index contributed by atoms with van der Waals surface area (Å²) in [6, 6.07) is 3.63. The summed E-state index contributed by atoms with van der Waals surface area (Å²) in [4.78, 5) is 28.3. The maximum absolute atomic E-state index is 11.1. The van der Waals surface area contributed by atoms with Crippen molar-refractivity contribution in [3.05, 3.63) is 23.8 Å². The number of hydrogen-bond donors (Lipinski definition) is 6. The van der Waals surface area contributed by atoms with E-state index in [0.29, 0.717) is 5.56 Å². The Morgan fingerprint density at radius 3 is 2.22 bits per heavy atom. The van der Waals surface area contributed by atoms with Crippen molar-refractivity contribution in [1.82, 2.24) is 5.43 Å². The van der Waals surface area contributed by atoms with Crippen LogP contribution >= 0.6 is 7.82 Å². The number of aromatic hydroxyl groups is 1. The van der Waals surface area contributed by atoms with Gasteiger partial charge in [0.2, 0.25) is 0 Å². The zero-order valence-electron chi connectivity index (χ0n) is 12.0. The van der Waals surface area contributed by atoms with E-state index in [1.165, 1.54) is 13.0 Å². The van der Waals surface area contributed by atoms with Crippen LogP contribution in [0.4, 0.5) is 0 Å². The molecular formula is C10H21N2O10P. The number of phenolic OH excluding ortho intramolecular Hbond substituents is 1. The number of hydrogen-bond acceptors (Lipinski definition) is 6. The summed E-state index contributed by atoms with van der Waals surface area (Å²) >= 11 is 0. The first-order chi connectivity index (χ1) is 9.07. The van der Waals surface area contributed by atoms with Crippen molar-refractivity contribution in [2.75, 3.05) is 0 Å². The third-order valence-corrected chi connectivity index (χ3v) is 3.02. The predicted molar refractivity (Wildman–Crippen MR) is 78.7 cm³/mol. The number of phenols is 1. The monoisotopic (exact) mass is 360 g/mol. The summed E-state index contributed by atoms with van der Waals surface area (Å²) in [7, 11) is -4.78. The number of aliphatic carboxylic acids is 1. The molecule has 0 bridgehead atoms. The number of carboxylic acids is 1. The van der Waals surface area contributed by atoms with Gasteiger partial charge in [0, 0.05) is 6.42 Å². The second-order valence-electron chi connectivity index (χ2n) is 4.34. The summed E-state index contributed by atoms with van der Waals surface area (Å²) in [5.74, 6) is 3.08. The van der Waals surface area contributed by atoms with E-state index in [1.807, 2.05) is 0 Å². The normalized spacial score (nSPS) is 12.7. The van der Waals surface area contributed by atoms with Crippen LogP contribution in [0.5, 0.6) is 11.5 Å². The summed E-state index contributed by atoms with van der Waals surface area (Å²) in [6.07, 6.45) is -0.0530. The number of nitrogens with one attached hydrogen (secondary N) is 1. The molecule has 23 heavy (non-hydrogen) atoms. The van der Waals surface area contributed by atoms with Gasteiger partial charge in [0.15, 0.2) is 11.5 Å². The average Bonchev–Trinajstić information content (AvgIpc) is 2.31. The maximum Gasteiger partial charge on any atom is 0.524 e. The number of carbonyl (C=O) groups is 1. The van der Waals surface area contributed by atoms with Gasteiger partial charge < -0.3 is 31.2 Å². The first kappa shape index (κ1) is 26.2.